The summed E-state index contributed by atoms with van der Waals surface area (Å²) in [5, 5.41) is 9.05. The Hall–Kier alpha value is -2.12. The van der Waals surface area contributed by atoms with Crippen LogP contribution in [0.1, 0.15) is 24.1 Å². The molecule has 1 rings (SSSR count). The van der Waals surface area contributed by atoms with E-state index in [9.17, 15) is 27.2 Å². The quantitative estimate of drug-likeness (QED) is 0.670. The summed E-state index contributed by atoms with van der Waals surface area (Å²) in [4.78, 5) is 22.7. The van der Waals surface area contributed by atoms with E-state index in [1.165, 1.54) is 6.92 Å². The average Bonchev–Trinajstić information content (AvgIpc) is 2.35. The van der Waals surface area contributed by atoms with Crippen LogP contribution < -0.4 is 0 Å². The molecule has 0 heterocycles. The number of carboxylic acid groups (broad SMARTS) is 1. The van der Waals surface area contributed by atoms with E-state index in [0.29, 0.717) is 12.1 Å². The molecule has 4 nitrogen and oxygen atoms in total. The van der Waals surface area contributed by atoms with Gasteiger partial charge in [-0.2, -0.15) is 13.2 Å². The summed E-state index contributed by atoms with van der Waals surface area (Å²) in [6.07, 6.45) is -4.73. The molecule has 0 saturated heterocycles. The predicted octanol–water partition coefficient (Wildman–Crippen LogP) is 2.45. The van der Waals surface area contributed by atoms with Crippen molar-refractivity contribution in [3.05, 3.63) is 35.1 Å². The summed E-state index contributed by atoms with van der Waals surface area (Å²) in [5.74, 6) is -3.00. The molecule has 110 valence electrons. The van der Waals surface area contributed by atoms with Crippen LogP contribution in [0.3, 0.4) is 0 Å². The van der Waals surface area contributed by atoms with E-state index in [1.807, 2.05) is 0 Å². The molecule has 1 N–H and O–H groups in total. The highest BCUT2D eigenvalue weighted by atomic mass is 19.4. The van der Waals surface area contributed by atoms with Gasteiger partial charge in [-0.05, 0) is 24.6 Å². The molecule has 1 aromatic carbocycles. The Kier molecular flexibility index (Phi) is 4.69. The number of alkyl halides is 3. The number of carbonyl (C=O) groups excluding carboxylic acids is 1. The third kappa shape index (κ3) is 3.25. The number of carbonyl (C=O) groups is 2. The van der Waals surface area contributed by atoms with Crippen LogP contribution in [0.5, 0.6) is 0 Å². The van der Waals surface area contributed by atoms with Crippen molar-refractivity contribution in [2.75, 3.05) is 6.54 Å². The lowest BCUT2D eigenvalue weighted by Crippen LogP contribution is -2.33. The Morgan fingerprint density at radius 1 is 1.45 bits per heavy atom. The van der Waals surface area contributed by atoms with E-state index in [2.05, 4.69) is 0 Å². The first-order valence-corrected chi connectivity index (χ1v) is 5.52. The third-order valence-electron chi connectivity index (χ3n) is 2.68. The standard InChI is InChI=1S/C12H11F4NO3/c1-2-17(6-18)10(11(19)20)7-3-4-9(13)8(5-7)12(14,15)16/h3-6,10H,2H2,1H3,(H,19,20). The van der Waals surface area contributed by atoms with Gasteiger partial charge in [0.15, 0.2) is 6.04 Å². The first kappa shape index (κ1) is 15.9. The topological polar surface area (TPSA) is 57.6 Å². The molecule has 0 aliphatic heterocycles. The van der Waals surface area contributed by atoms with E-state index < -0.39 is 29.6 Å². The number of aliphatic carboxylic acids is 1. The average molecular weight is 293 g/mol. The number of hydrogen-bond acceptors (Lipinski definition) is 2. The summed E-state index contributed by atoms with van der Waals surface area (Å²) >= 11 is 0. The second kappa shape index (κ2) is 5.89. The molecule has 0 aromatic heterocycles. The van der Waals surface area contributed by atoms with Crippen LogP contribution in [0.2, 0.25) is 0 Å². The van der Waals surface area contributed by atoms with Crippen LogP contribution in [0.15, 0.2) is 18.2 Å². The highest BCUT2D eigenvalue weighted by molar-refractivity contribution is 5.78. The first-order valence-electron chi connectivity index (χ1n) is 5.52. The van der Waals surface area contributed by atoms with Crippen LogP contribution in [0.4, 0.5) is 17.6 Å². The molecular weight excluding hydrogens is 282 g/mol. The Bertz CT molecular complexity index is 516. The normalized spacial score (nSPS) is 12.8. The van der Waals surface area contributed by atoms with Crippen molar-refractivity contribution in [2.24, 2.45) is 0 Å². The van der Waals surface area contributed by atoms with Crippen molar-refractivity contribution in [3.63, 3.8) is 0 Å². The van der Waals surface area contributed by atoms with E-state index in [4.69, 9.17) is 5.11 Å². The van der Waals surface area contributed by atoms with Gasteiger partial charge >= 0.3 is 12.1 Å². The molecule has 1 amide bonds. The monoisotopic (exact) mass is 293 g/mol. The first-order chi connectivity index (χ1) is 9.22. The van der Waals surface area contributed by atoms with Gasteiger partial charge in [-0.25, -0.2) is 9.18 Å². The number of amides is 1. The van der Waals surface area contributed by atoms with E-state index >= 15 is 0 Å². The minimum Gasteiger partial charge on any atom is -0.479 e. The molecule has 0 fully saturated rings. The van der Waals surface area contributed by atoms with Crippen LogP contribution in [-0.2, 0) is 15.8 Å². The van der Waals surface area contributed by atoms with Gasteiger partial charge in [0.1, 0.15) is 5.82 Å². The lowest BCUT2D eigenvalue weighted by molar-refractivity contribution is -0.147. The molecule has 0 aliphatic rings. The van der Waals surface area contributed by atoms with Crippen LogP contribution in [0, 0.1) is 5.82 Å². The summed E-state index contributed by atoms with van der Waals surface area (Å²) < 4.78 is 50.9. The maximum Gasteiger partial charge on any atom is 0.419 e. The maximum atomic E-state index is 13.1. The third-order valence-corrected chi connectivity index (χ3v) is 2.68. The summed E-state index contributed by atoms with van der Waals surface area (Å²) in [5.41, 5.74) is -1.89. The van der Waals surface area contributed by atoms with Crippen molar-refractivity contribution in [2.45, 2.75) is 19.1 Å². The van der Waals surface area contributed by atoms with Crippen molar-refractivity contribution >= 4 is 12.4 Å². The molecule has 1 aromatic rings. The van der Waals surface area contributed by atoms with Crippen LogP contribution in [-0.4, -0.2) is 28.9 Å². The molecule has 8 heteroatoms. The van der Waals surface area contributed by atoms with Crippen molar-refractivity contribution < 1.29 is 32.3 Å². The van der Waals surface area contributed by atoms with Crippen molar-refractivity contribution in [3.8, 4) is 0 Å². The van der Waals surface area contributed by atoms with E-state index in [1.54, 1.807) is 0 Å². The van der Waals surface area contributed by atoms with Gasteiger partial charge in [0.05, 0.1) is 5.56 Å². The molecule has 20 heavy (non-hydrogen) atoms. The zero-order chi connectivity index (χ0) is 15.5. The smallest absolute Gasteiger partial charge is 0.419 e. The lowest BCUT2D eigenvalue weighted by atomic mass is 10.0. The fourth-order valence-electron chi connectivity index (χ4n) is 1.72. The number of carboxylic acids is 1. The van der Waals surface area contributed by atoms with Gasteiger partial charge in [-0.1, -0.05) is 6.07 Å². The van der Waals surface area contributed by atoms with Crippen molar-refractivity contribution in [1.82, 2.24) is 4.90 Å². The van der Waals surface area contributed by atoms with Gasteiger partial charge < -0.3 is 10.0 Å². The molecule has 1 unspecified atom stereocenters. The number of likely N-dealkylation sites (N-methyl/N-ethyl adjacent to an activating group) is 1. The zero-order valence-corrected chi connectivity index (χ0v) is 10.3. The Labute approximate surface area is 111 Å². The number of rotatable bonds is 5. The largest absolute Gasteiger partial charge is 0.479 e. The highest BCUT2D eigenvalue weighted by Gasteiger charge is 2.36. The Morgan fingerprint density at radius 2 is 2.05 bits per heavy atom. The number of halogens is 4. The fraction of sp³-hybridized carbons (Fsp3) is 0.333. The van der Waals surface area contributed by atoms with Crippen LogP contribution >= 0.6 is 0 Å². The summed E-state index contributed by atoms with van der Waals surface area (Å²) in [6, 6.07) is 0.252. The molecular formula is C12H11F4NO3. The Morgan fingerprint density at radius 3 is 2.45 bits per heavy atom. The highest BCUT2D eigenvalue weighted by Crippen LogP contribution is 2.33. The number of nitrogens with zero attached hydrogens (tertiary/aromatic N) is 1. The molecule has 0 spiro atoms. The number of benzene rings is 1. The van der Waals surface area contributed by atoms with Gasteiger partial charge in [0.25, 0.3) is 0 Å². The number of hydrogen-bond donors (Lipinski definition) is 1. The summed E-state index contributed by atoms with van der Waals surface area (Å²) in [7, 11) is 0. The van der Waals surface area contributed by atoms with Gasteiger partial charge in [0, 0.05) is 6.54 Å². The molecule has 1 atom stereocenters. The van der Waals surface area contributed by atoms with E-state index in [-0.39, 0.29) is 18.5 Å². The van der Waals surface area contributed by atoms with Gasteiger partial charge in [-0.3, -0.25) is 4.79 Å². The van der Waals surface area contributed by atoms with Gasteiger partial charge in [-0.15, -0.1) is 0 Å². The summed E-state index contributed by atoms with van der Waals surface area (Å²) in [6.45, 7) is 1.46. The molecule has 0 radical (unpaired) electrons. The SMILES string of the molecule is CCN(C=O)C(C(=O)O)c1ccc(F)c(C(F)(F)F)c1. The Balaban J connectivity index is 3.36. The van der Waals surface area contributed by atoms with E-state index in [0.717, 1.165) is 11.0 Å². The minimum atomic E-state index is -4.94. The zero-order valence-electron chi connectivity index (χ0n) is 10.3. The maximum absolute atomic E-state index is 13.1. The second-order valence-electron chi connectivity index (χ2n) is 3.91. The van der Waals surface area contributed by atoms with Crippen molar-refractivity contribution in [1.29, 1.82) is 0 Å². The minimum absolute atomic E-state index is 0.0147. The second-order valence-corrected chi connectivity index (χ2v) is 3.91. The molecule has 0 aliphatic carbocycles. The van der Waals surface area contributed by atoms with Gasteiger partial charge in [0.2, 0.25) is 6.41 Å². The fourth-order valence-corrected chi connectivity index (χ4v) is 1.72. The predicted molar refractivity (Wildman–Crippen MR) is 60.2 cm³/mol. The molecule has 0 bridgehead atoms. The van der Waals surface area contributed by atoms with Crippen LogP contribution in [0.25, 0.3) is 0 Å². The molecule has 0 saturated carbocycles. The lowest BCUT2D eigenvalue weighted by Gasteiger charge is -2.24.